The standard InChI is InChI=1S/C15H15ClO5/c1-2-3-4-9-5-15(19)21-12-7-13(20-8-14(17)18)11(16)6-10(9)12/h5-7H,2-4,8H2,1H3,(H,17,18)/p-1. The molecule has 0 spiro atoms. The fraction of sp³-hybridized carbons (Fsp3) is 0.333. The van der Waals surface area contributed by atoms with Gasteiger partial charge in [0.2, 0.25) is 0 Å². The number of aliphatic carboxylic acids is 1. The summed E-state index contributed by atoms with van der Waals surface area (Å²) < 4.78 is 10.1. The van der Waals surface area contributed by atoms with E-state index in [9.17, 15) is 14.7 Å². The number of carbonyl (C=O) groups is 1. The second-order valence-corrected chi connectivity index (χ2v) is 5.04. The summed E-state index contributed by atoms with van der Waals surface area (Å²) >= 11 is 6.07. The first-order valence-electron chi connectivity index (χ1n) is 6.60. The summed E-state index contributed by atoms with van der Waals surface area (Å²) in [5.41, 5.74) is 0.726. The van der Waals surface area contributed by atoms with Crippen LogP contribution in [-0.4, -0.2) is 12.6 Å². The molecule has 1 aromatic carbocycles. The lowest BCUT2D eigenvalue weighted by Crippen LogP contribution is -2.29. The minimum Gasteiger partial charge on any atom is -0.546 e. The highest BCUT2D eigenvalue weighted by Crippen LogP contribution is 2.31. The van der Waals surface area contributed by atoms with E-state index < -0.39 is 18.2 Å². The van der Waals surface area contributed by atoms with Crippen LogP contribution in [0.25, 0.3) is 11.0 Å². The van der Waals surface area contributed by atoms with Crippen LogP contribution in [0.15, 0.2) is 27.4 Å². The lowest BCUT2D eigenvalue weighted by Gasteiger charge is -2.11. The van der Waals surface area contributed by atoms with Crippen molar-refractivity contribution in [3.63, 3.8) is 0 Å². The quantitative estimate of drug-likeness (QED) is 0.762. The van der Waals surface area contributed by atoms with Crippen molar-refractivity contribution in [2.75, 3.05) is 6.61 Å². The van der Waals surface area contributed by atoms with E-state index in [0.717, 1.165) is 30.2 Å². The fourth-order valence-electron chi connectivity index (χ4n) is 2.05. The van der Waals surface area contributed by atoms with Crippen molar-refractivity contribution >= 4 is 28.5 Å². The summed E-state index contributed by atoms with van der Waals surface area (Å²) in [4.78, 5) is 22.0. The first-order valence-corrected chi connectivity index (χ1v) is 6.98. The first-order chi connectivity index (χ1) is 10.0. The average Bonchev–Trinajstić information content (AvgIpc) is 2.43. The van der Waals surface area contributed by atoms with Gasteiger partial charge in [-0.05, 0) is 24.5 Å². The van der Waals surface area contributed by atoms with Crippen LogP contribution in [0.3, 0.4) is 0 Å². The van der Waals surface area contributed by atoms with Crippen molar-refractivity contribution in [1.29, 1.82) is 0 Å². The molecular formula is C15H14ClO5-. The normalized spacial score (nSPS) is 10.8. The number of ether oxygens (including phenoxy) is 1. The Morgan fingerprint density at radius 2 is 2.14 bits per heavy atom. The molecule has 1 heterocycles. The largest absolute Gasteiger partial charge is 0.546 e. The van der Waals surface area contributed by atoms with Gasteiger partial charge in [0.25, 0.3) is 0 Å². The summed E-state index contributed by atoms with van der Waals surface area (Å²) in [6.45, 7) is 1.44. The molecule has 2 rings (SSSR count). The molecule has 0 radical (unpaired) electrons. The maximum Gasteiger partial charge on any atom is 0.336 e. The molecule has 0 aliphatic heterocycles. The Labute approximate surface area is 126 Å². The van der Waals surface area contributed by atoms with E-state index in [0.29, 0.717) is 5.58 Å². The molecule has 2 aromatic rings. The van der Waals surface area contributed by atoms with Crippen LogP contribution >= 0.6 is 11.6 Å². The third-order valence-electron chi connectivity index (χ3n) is 3.03. The van der Waals surface area contributed by atoms with Crippen LogP contribution < -0.4 is 15.5 Å². The van der Waals surface area contributed by atoms with Gasteiger partial charge in [0.05, 0.1) is 11.0 Å². The van der Waals surface area contributed by atoms with Gasteiger partial charge < -0.3 is 19.1 Å². The molecule has 0 atom stereocenters. The molecule has 0 unspecified atom stereocenters. The maximum absolute atomic E-state index is 11.6. The van der Waals surface area contributed by atoms with Crippen molar-refractivity contribution in [3.8, 4) is 5.75 Å². The smallest absolute Gasteiger partial charge is 0.336 e. The van der Waals surface area contributed by atoms with E-state index >= 15 is 0 Å². The highest BCUT2D eigenvalue weighted by Gasteiger charge is 2.11. The molecule has 0 saturated carbocycles. The zero-order valence-electron chi connectivity index (χ0n) is 11.5. The van der Waals surface area contributed by atoms with E-state index in [1.165, 1.54) is 12.1 Å². The topological polar surface area (TPSA) is 79.6 Å². The van der Waals surface area contributed by atoms with E-state index in [2.05, 4.69) is 6.92 Å². The Morgan fingerprint density at radius 1 is 1.38 bits per heavy atom. The number of hydrogen-bond donors (Lipinski definition) is 0. The number of hydrogen-bond acceptors (Lipinski definition) is 5. The third kappa shape index (κ3) is 3.76. The number of benzene rings is 1. The second kappa shape index (κ2) is 6.63. The highest BCUT2D eigenvalue weighted by atomic mass is 35.5. The summed E-state index contributed by atoms with van der Waals surface area (Å²) in [5, 5.41) is 11.4. The molecular weight excluding hydrogens is 296 g/mol. The number of fused-ring (bicyclic) bond motifs is 1. The van der Waals surface area contributed by atoms with Gasteiger partial charge >= 0.3 is 5.63 Å². The predicted molar refractivity (Wildman–Crippen MR) is 76.6 cm³/mol. The van der Waals surface area contributed by atoms with Gasteiger partial charge in [-0.3, -0.25) is 0 Å². The van der Waals surface area contributed by atoms with Gasteiger partial charge in [0, 0.05) is 17.5 Å². The summed E-state index contributed by atoms with van der Waals surface area (Å²) in [7, 11) is 0. The number of carboxylic acids is 1. The molecule has 6 heteroatoms. The lowest BCUT2D eigenvalue weighted by molar-refractivity contribution is -0.307. The van der Waals surface area contributed by atoms with E-state index in [1.54, 1.807) is 6.07 Å². The zero-order valence-corrected chi connectivity index (χ0v) is 12.2. The number of halogens is 1. The molecule has 0 bridgehead atoms. The van der Waals surface area contributed by atoms with Crippen LogP contribution in [0.4, 0.5) is 0 Å². The molecule has 5 nitrogen and oxygen atoms in total. The molecule has 0 saturated heterocycles. The van der Waals surface area contributed by atoms with Crippen LogP contribution in [0, 0.1) is 0 Å². The Balaban J connectivity index is 2.47. The van der Waals surface area contributed by atoms with Gasteiger partial charge in [0.15, 0.2) is 0 Å². The highest BCUT2D eigenvalue weighted by molar-refractivity contribution is 6.32. The molecule has 0 aliphatic carbocycles. The molecule has 0 fully saturated rings. The Hall–Kier alpha value is -2.01. The lowest BCUT2D eigenvalue weighted by atomic mass is 10.0. The minimum absolute atomic E-state index is 0.143. The second-order valence-electron chi connectivity index (χ2n) is 4.63. The van der Waals surface area contributed by atoms with Crippen LogP contribution in [0.2, 0.25) is 5.02 Å². The molecule has 112 valence electrons. The van der Waals surface area contributed by atoms with E-state index in [1.807, 2.05) is 0 Å². The third-order valence-corrected chi connectivity index (χ3v) is 3.32. The van der Waals surface area contributed by atoms with Gasteiger partial charge in [0.1, 0.15) is 17.9 Å². The summed E-state index contributed by atoms with van der Waals surface area (Å²) in [6, 6.07) is 4.50. The number of unbranched alkanes of at least 4 members (excludes halogenated alkanes) is 1. The van der Waals surface area contributed by atoms with Gasteiger partial charge in [-0.1, -0.05) is 24.9 Å². The average molecular weight is 310 g/mol. The van der Waals surface area contributed by atoms with Gasteiger partial charge in [-0.25, -0.2) is 4.79 Å². The number of carboxylic acid groups (broad SMARTS) is 1. The van der Waals surface area contributed by atoms with Gasteiger partial charge in [-0.15, -0.1) is 0 Å². The molecule has 21 heavy (non-hydrogen) atoms. The van der Waals surface area contributed by atoms with Crippen LogP contribution in [0.5, 0.6) is 5.75 Å². The van der Waals surface area contributed by atoms with Crippen LogP contribution in [0.1, 0.15) is 25.3 Å². The van der Waals surface area contributed by atoms with Crippen molar-refractivity contribution in [1.82, 2.24) is 0 Å². The van der Waals surface area contributed by atoms with Gasteiger partial charge in [-0.2, -0.15) is 0 Å². The molecule has 1 aromatic heterocycles. The predicted octanol–water partition coefficient (Wildman–Crippen LogP) is 1.92. The monoisotopic (exact) mass is 309 g/mol. The Kier molecular flexibility index (Phi) is 4.85. The Bertz CT molecular complexity index is 720. The summed E-state index contributed by atoms with van der Waals surface area (Å²) in [5.74, 6) is -1.21. The molecule has 0 aliphatic rings. The molecule has 0 N–H and O–H groups in total. The van der Waals surface area contributed by atoms with Crippen molar-refractivity contribution < 1.29 is 19.1 Å². The maximum atomic E-state index is 11.6. The van der Waals surface area contributed by atoms with E-state index in [-0.39, 0.29) is 10.8 Å². The minimum atomic E-state index is -1.36. The summed E-state index contributed by atoms with van der Waals surface area (Å²) in [6.07, 6.45) is 2.69. The fourth-order valence-corrected chi connectivity index (χ4v) is 2.27. The van der Waals surface area contributed by atoms with Crippen LogP contribution in [-0.2, 0) is 11.2 Å². The van der Waals surface area contributed by atoms with Crippen molar-refractivity contribution in [2.45, 2.75) is 26.2 Å². The number of carbonyl (C=O) groups excluding carboxylic acids is 1. The number of aryl methyl sites for hydroxylation is 1. The van der Waals surface area contributed by atoms with E-state index in [4.69, 9.17) is 20.8 Å². The SMILES string of the molecule is CCCCc1cc(=O)oc2cc(OCC(=O)[O-])c(Cl)cc12. The first kappa shape index (κ1) is 15.4. The molecule has 0 amide bonds. The van der Waals surface area contributed by atoms with Crippen molar-refractivity contribution in [2.24, 2.45) is 0 Å². The Morgan fingerprint density at radius 3 is 2.81 bits per heavy atom. The van der Waals surface area contributed by atoms with Crippen molar-refractivity contribution in [3.05, 3.63) is 39.2 Å². The zero-order chi connectivity index (χ0) is 15.4. The number of rotatable bonds is 6.